The molecule has 1 amide bonds. The molecule has 0 fully saturated rings. The van der Waals surface area contributed by atoms with Crippen LogP contribution in [0, 0.1) is 0 Å². The summed E-state index contributed by atoms with van der Waals surface area (Å²) < 4.78 is 13.2. The van der Waals surface area contributed by atoms with E-state index in [9.17, 15) is 4.79 Å². The summed E-state index contributed by atoms with van der Waals surface area (Å²) in [5.74, 6) is 0.624. The van der Waals surface area contributed by atoms with Crippen molar-refractivity contribution < 1.29 is 14.3 Å². The van der Waals surface area contributed by atoms with Crippen molar-refractivity contribution in [2.75, 3.05) is 6.54 Å². The molecule has 0 saturated carbocycles. The lowest BCUT2D eigenvalue weighted by Gasteiger charge is -2.21. The van der Waals surface area contributed by atoms with Gasteiger partial charge in [-0.1, -0.05) is 13.8 Å². The average Bonchev–Trinajstić information content (AvgIpc) is 2.69. The zero-order valence-electron chi connectivity index (χ0n) is 13.9. The number of nitrogens with one attached hydrogen (secondary N) is 1. The fourth-order valence-corrected chi connectivity index (χ4v) is 1.75. The Balaban J connectivity index is 0.00000191. The third kappa shape index (κ3) is 7.94. The number of alkyl carbamates (subject to hydrolysis) is 1. The standard InChI is InChI=1S/C12H20BrN3O3.C2H6/c1-8(6-14-11(17)19-12(2,3)4)18-10-9(13)7-15-16(10)5;1-2/h7-8H,6H2,1-5H3,(H,14,17);1-2H3. The van der Waals surface area contributed by atoms with E-state index in [1.165, 1.54) is 0 Å². The van der Waals surface area contributed by atoms with Crippen molar-refractivity contribution in [3.63, 3.8) is 0 Å². The molecule has 122 valence electrons. The number of nitrogens with zero attached hydrogens (tertiary/aromatic N) is 2. The summed E-state index contributed by atoms with van der Waals surface area (Å²) in [6.07, 6.45) is 1.01. The number of aryl methyl sites for hydroxylation is 1. The van der Waals surface area contributed by atoms with Crippen LogP contribution >= 0.6 is 15.9 Å². The van der Waals surface area contributed by atoms with E-state index in [4.69, 9.17) is 9.47 Å². The first-order valence-electron chi connectivity index (χ1n) is 7.00. The summed E-state index contributed by atoms with van der Waals surface area (Å²) in [5, 5.41) is 6.70. The van der Waals surface area contributed by atoms with Crippen molar-refractivity contribution in [2.24, 2.45) is 7.05 Å². The molecule has 1 N–H and O–H groups in total. The number of aromatic nitrogens is 2. The van der Waals surface area contributed by atoms with Crippen LogP contribution in [0.2, 0.25) is 0 Å². The maximum absolute atomic E-state index is 11.5. The van der Waals surface area contributed by atoms with Gasteiger partial charge in [0.05, 0.1) is 17.2 Å². The summed E-state index contributed by atoms with van der Waals surface area (Å²) in [7, 11) is 1.79. The Morgan fingerprint density at radius 2 is 2.05 bits per heavy atom. The minimum atomic E-state index is -0.501. The number of hydrogen-bond acceptors (Lipinski definition) is 4. The Labute approximate surface area is 135 Å². The molecule has 0 saturated heterocycles. The molecule has 0 aliphatic heterocycles. The number of rotatable bonds is 4. The molecule has 1 atom stereocenters. The van der Waals surface area contributed by atoms with Gasteiger partial charge in [0.15, 0.2) is 0 Å². The second-order valence-electron chi connectivity index (χ2n) is 5.23. The van der Waals surface area contributed by atoms with E-state index in [-0.39, 0.29) is 6.10 Å². The molecule has 1 aromatic rings. The fourth-order valence-electron chi connectivity index (χ4n) is 1.31. The van der Waals surface area contributed by atoms with Crippen molar-refractivity contribution >= 4 is 22.0 Å². The predicted octanol–water partition coefficient (Wildman–Crippen LogP) is 3.50. The number of carbonyl (C=O) groups excluding carboxylic acids is 1. The molecule has 0 aliphatic carbocycles. The molecule has 0 bridgehead atoms. The predicted molar refractivity (Wildman–Crippen MR) is 86.6 cm³/mol. The second kappa shape index (κ2) is 8.92. The molecule has 7 heteroatoms. The molecular weight excluding hydrogens is 338 g/mol. The molecule has 1 rings (SSSR count). The Kier molecular flexibility index (Phi) is 8.39. The van der Waals surface area contributed by atoms with Crippen LogP contribution in [0.1, 0.15) is 41.5 Å². The van der Waals surface area contributed by atoms with Crippen LogP contribution in [0.3, 0.4) is 0 Å². The van der Waals surface area contributed by atoms with Gasteiger partial charge in [-0.2, -0.15) is 5.10 Å². The minimum absolute atomic E-state index is 0.195. The van der Waals surface area contributed by atoms with Gasteiger partial charge in [-0.15, -0.1) is 0 Å². The van der Waals surface area contributed by atoms with Gasteiger partial charge in [-0.05, 0) is 43.6 Å². The molecule has 1 unspecified atom stereocenters. The third-order valence-electron chi connectivity index (χ3n) is 2.09. The second-order valence-corrected chi connectivity index (χ2v) is 6.09. The highest BCUT2D eigenvalue weighted by Gasteiger charge is 2.17. The van der Waals surface area contributed by atoms with Crippen LogP contribution in [0.5, 0.6) is 5.88 Å². The van der Waals surface area contributed by atoms with Gasteiger partial charge < -0.3 is 14.8 Å². The highest BCUT2D eigenvalue weighted by Crippen LogP contribution is 2.24. The lowest BCUT2D eigenvalue weighted by molar-refractivity contribution is 0.0503. The SMILES string of the molecule is CC.CC(CNC(=O)OC(C)(C)C)Oc1c(Br)cnn1C. The zero-order valence-corrected chi connectivity index (χ0v) is 15.4. The normalized spacial score (nSPS) is 12.0. The molecule has 0 aromatic carbocycles. The Hall–Kier alpha value is -1.24. The monoisotopic (exact) mass is 363 g/mol. The lowest BCUT2D eigenvalue weighted by Crippen LogP contribution is -2.37. The van der Waals surface area contributed by atoms with Gasteiger partial charge in [0.25, 0.3) is 0 Å². The number of halogens is 1. The van der Waals surface area contributed by atoms with Crippen molar-refractivity contribution in [3.8, 4) is 5.88 Å². The van der Waals surface area contributed by atoms with Gasteiger partial charge in [0, 0.05) is 7.05 Å². The van der Waals surface area contributed by atoms with Crippen LogP contribution in [0.25, 0.3) is 0 Å². The smallest absolute Gasteiger partial charge is 0.407 e. The summed E-state index contributed by atoms with van der Waals surface area (Å²) in [6, 6.07) is 0. The van der Waals surface area contributed by atoms with Crippen molar-refractivity contribution in [3.05, 3.63) is 10.7 Å². The Bertz CT molecular complexity index is 422. The summed E-state index contributed by atoms with van der Waals surface area (Å²) in [5.41, 5.74) is -0.501. The van der Waals surface area contributed by atoms with E-state index in [0.29, 0.717) is 12.4 Å². The highest BCUT2D eigenvalue weighted by molar-refractivity contribution is 9.10. The van der Waals surface area contributed by atoms with E-state index < -0.39 is 11.7 Å². The number of hydrogen-bond donors (Lipinski definition) is 1. The van der Waals surface area contributed by atoms with E-state index in [2.05, 4.69) is 26.3 Å². The minimum Gasteiger partial charge on any atom is -0.472 e. The highest BCUT2D eigenvalue weighted by atomic mass is 79.9. The molecular formula is C14H26BrN3O3. The van der Waals surface area contributed by atoms with Gasteiger partial charge in [0.1, 0.15) is 11.7 Å². The Morgan fingerprint density at radius 3 is 2.48 bits per heavy atom. The summed E-state index contributed by atoms with van der Waals surface area (Å²) in [6.45, 7) is 11.7. The third-order valence-corrected chi connectivity index (χ3v) is 2.63. The lowest BCUT2D eigenvalue weighted by atomic mass is 10.2. The molecule has 6 nitrogen and oxygen atoms in total. The molecule has 1 aromatic heterocycles. The first-order chi connectivity index (χ1) is 9.69. The molecule has 0 spiro atoms. The average molecular weight is 364 g/mol. The van der Waals surface area contributed by atoms with Crippen LogP contribution in [-0.4, -0.2) is 34.1 Å². The van der Waals surface area contributed by atoms with Crippen LogP contribution in [0.15, 0.2) is 10.7 Å². The number of carbonyl (C=O) groups is 1. The van der Waals surface area contributed by atoms with Crippen molar-refractivity contribution in [1.29, 1.82) is 0 Å². The van der Waals surface area contributed by atoms with E-state index in [1.807, 2.05) is 41.5 Å². The number of amides is 1. The van der Waals surface area contributed by atoms with Crippen LogP contribution in [0.4, 0.5) is 4.79 Å². The van der Waals surface area contributed by atoms with E-state index in [1.54, 1.807) is 17.9 Å². The number of ether oxygens (including phenoxy) is 2. The van der Waals surface area contributed by atoms with Gasteiger partial charge in [0.2, 0.25) is 5.88 Å². The van der Waals surface area contributed by atoms with E-state index in [0.717, 1.165) is 4.47 Å². The summed E-state index contributed by atoms with van der Waals surface area (Å²) >= 11 is 3.35. The van der Waals surface area contributed by atoms with E-state index >= 15 is 0 Å². The van der Waals surface area contributed by atoms with Crippen LogP contribution < -0.4 is 10.1 Å². The van der Waals surface area contributed by atoms with Gasteiger partial charge >= 0.3 is 6.09 Å². The van der Waals surface area contributed by atoms with Gasteiger partial charge in [-0.25, -0.2) is 9.48 Å². The van der Waals surface area contributed by atoms with Crippen molar-refractivity contribution in [1.82, 2.24) is 15.1 Å². The van der Waals surface area contributed by atoms with Crippen molar-refractivity contribution in [2.45, 2.75) is 53.2 Å². The first kappa shape index (κ1) is 19.8. The van der Waals surface area contributed by atoms with Gasteiger partial charge in [-0.3, -0.25) is 0 Å². The summed E-state index contributed by atoms with van der Waals surface area (Å²) in [4.78, 5) is 11.5. The molecule has 0 radical (unpaired) electrons. The Morgan fingerprint density at radius 1 is 1.48 bits per heavy atom. The maximum Gasteiger partial charge on any atom is 0.407 e. The molecule has 21 heavy (non-hydrogen) atoms. The molecule has 1 heterocycles. The topological polar surface area (TPSA) is 65.4 Å². The largest absolute Gasteiger partial charge is 0.472 e. The van der Waals surface area contributed by atoms with Crippen LogP contribution in [-0.2, 0) is 11.8 Å². The first-order valence-corrected chi connectivity index (χ1v) is 7.79. The molecule has 0 aliphatic rings. The fraction of sp³-hybridized carbons (Fsp3) is 0.714. The zero-order chi connectivity index (χ0) is 16.6. The maximum atomic E-state index is 11.5. The quantitative estimate of drug-likeness (QED) is 0.888.